The lowest BCUT2D eigenvalue weighted by Crippen LogP contribution is -2.06. The Bertz CT molecular complexity index is 681. The van der Waals surface area contributed by atoms with Gasteiger partial charge in [0.05, 0.1) is 5.69 Å². The van der Waals surface area contributed by atoms with Gasteiger partial charge < -0.3 is 4.42 Å². The molecule has 0 aromatic carbocycles. The van der Waals surface area contributed by atoms with E-state index in [2.05, 4.69) is 18.9 Å². The third-order valence-corrected chi connectivity index (χ3v) is 3.43. The van der Waals surface area contributed by atoms with Crippen molar-refractivity contribution in [3.05, 3.63) is 46.1 Å². The second-order valence-electron chi connectivity index (χ2n) is 5.47. The Hall–Kier alpha value is -1.81. The SMILES string of the molecule is Cc1ccc(C(=O)/C=C/c2c(C)nn(CC(C)C)c2Cl)o1. The lowest BCUT2D eigenvalue weighted by molar-refractivity contribution is 0.102. The van der Waals surface area contributed by atoms with E-state index in [0.29, 0.717) is 22.6 Å². The number of furan rings is 1. The monoisotopic (exact) mass is 306 g/mol. The van der Waals surface area contributed by atoms with Crippen molar-refractivity contribution in [1.82, 2.24) is 9.78 Å². The largest absolute Gasteiger partial charge is 0.458 e. The van der Waals surface area contributed by atoms with Crippen molar-refractivity contribution < 1.29 is 9.21 Å². The van der Waals surface area contributed by atoms with Crippen LogP contribution in [-0.2, 0) is 6.54 Å². The van der Waals surface area contributed by atoms with Gasteiger partial charge in [0.2, 0.25) is 5.78 Å². The Morgan fingerprint density at radius 3 is 2.71 bits per heavy atom. The van der Waals surface area contributed by atoms with Crippen LogP contribution in [0.15, 0.2) is 22.6 Å². The van der Waals surface area contributed by atoms with Crippen LogP contribution in [0, 0.1) is 19.8 Å². The molecule has 0 bridgehead atoms. The lowest BCUT2D eigenvalue weighted by atomic mass is 10.2. The number of halogens is 1. The van der Waals surface area contributed by atoms with Gasteiger partial charge in [-0.2, -0.15) is 5.10 Å². The van der Waals surface area contributed by atoms with Crippen LogP contribution in [0.3, 0.4) is 0 Å². The Balaban J connectivity index is 2.21. The molecule has 0 saturated carbocycles. The van der Waals surface area contributed by atoms with Crippen LogP contribution in [0.5, 0.6) is 0 Å². The number of aryl methyl sites for hydroxylation is 2. The molecule has 21 heavy (non-hydrogen) atoms. The van der Waals surface area contributed by atoms with Crippen molar-refractivity contribution in [1.29, 1.82) is 0 Å². The molecule has 2 aromatic heterocycles. The lowest BCUT2D eigenvalue weighted by Gasteiger charge is -2.05. The van der Waals surface area contributed by atoms with Crippen LogP contribution >= 0.6 is 11.6 Å². The standard InChI is InChI=1S/C16H19ClN2O2/c1-10(2)9-19-16(17)13(12(4)18-19)6-7-14(20)15-8-5-11(3)21-15/h5-8,10H,9H2,1-4H3/b7-6+. The molecule has 0 atom stereocenters. The van der Waals surface area contributed by atoms with E-state index in [4.69, 9.17) is 16.0 Å². The molecule has 112 valence electrons. The van der Waals surface area contributed by atoms with Crippen molar-refractivity contribution in [2.75, 3.05) is 0 Å². The predicted molar refractivity (Wildman–Crippen MR) is 83.6 cm³/mol. The minimum absolute atomic E-state index is 0.185. The highest BCUT2D eigenvalue weighted by atomic mass is 35.5. The third-order valence-electron chi connectivity index (χ3n) is 3.03. The van der Waals surface area contributed by atoms with Gasteiger partial charge in [0.25, 0.3) is 0 Å². The molecule has 0 unspecified atom stereocenters. The highest BCUT2D eigenvalue weighted by Crippen LogP contribution is 2.22. The minimum Gasteiger partial charge on any atom is -0.458 e. The maximum absolute atomic E-state index is 12.0. The molecule has 0 N–H and O–H groups in total. The van der Waals surface area contributed by atoms with Crippen molar-refractivity contribution >= 4 is 23.5 Å². The van der Waals surface area contributed by atoms with E-state index in [0.717, 1.165) is 17.8 Å². The van der Waals surface area contributed by atoms with Gasteiger partial charge in [0.1, 0.15) is 10.9 Å². The zero-order valence-electron chi connectivity index (χ0n) is 12.7. The normalized spacial score (nSPS) is 11.7. The summed E-state index contributed by atoms with van der Waals surface area (Å²) in [4.78, 5) is 12.0. The number of hydrogen-bond donors (Lipinski definition) is 0. The van der Waals surface area contributed by atoms with E-state index in [-0.39, 0.29) is 5.78 Å². The summed E-state index contributed by atoms with van der Waals surface area (Å²) in [6, 6.07) is 3.43. The molecule has 0 aliphatic carbocycles. The maximum Gasteiger partial charge on any atom is 0.221 e. The van der Waals surface area contributed by atoms with E-state index in [9.17, 15) is 4.79 Å². The van der Waals surface area contributed by atoms with E-state index in [1.54, 1.807) is 29.8 Å². The highest BCUT2D eigenvalue weighted by molar-refractivity contribution is 6.31. The van der Waals surface area contributed by atoms with Crippen LogP contribution in [0.1, 0.15) is 41.4 Å². The fourth-order valence-electron chi connectivity index (χ4n) is 2.03. The summed E-state index contributed by atoms with van der Waals surface area (Å²) in [5.41, 5.74) is 1.58. The molecular weight excluding hydrogens is 288 g/mol. The molecule has 2 heterocycles. The highest BCUT2D eigenvalue weighted by Gasteiger charge is 2.13. The van der Waals surface area contributed by atoms with Gasteiger partial charge in [-0.15, -0.1) is 0 Å². The molecule has 0 fully saturated rings. The molecule has 0 radical (unpaired) electrons. The zero-order valence-corrected chi connectivity index (χ0v) is 13.4. The fourth-order valence-corrected chi connectivity index (χ4v) is 2.34. The van der Waals surface area contributed by atoms with Crippen molar-refractivity contribution in [2.45, 2.75) is 34.2 Å². The zero-order chi connectivity index (χ0) is 15.6. The number of aromatic nitrogens is 2. The molecule has 2 rings (SSSR count). The smallest absolute Gasteiger partial charge is 0.221 e. The molecule has 4 nitrogen and oxygen atoms in total. The Morgan fingerprint density at radius 2 is 2.14 bits per heavy atom. The van der Waals surface area contributed by atoms with E-state index in [1.807, 2.05) is 6.92 Å². The molecule has 0 amide bonds. The Kier molecular flexibility index (Phi) is 4.68. The van der Waals surface area contributed by atoms with E-state index < -0.39 is 0 Å². The van der Waals surface area contributed by atoms with Crippen LogP contribution in [-0.4, -0.2) is 15.6 Å². The molecule has 0 saturated heterocycles. The molecule has 0 spiro atoms. The number of rotatable bonds is 5. The van der Waals surface area contributed by atoms with Gasteiger partial charge in [0.15, 0.2) is 5.76 Å². The summed E-state index contributed by atoms with van der Waals surface area (Å²) in [5.74, 6) is 1.30. The number of carbonyl (C=O) groups excluding carboxylic acids is 1. The molecule has 0 aliphatic rings. The maximum atomic E-state index is 12.0. The van der Waals surface area contributed by atoms with Gasteiger partial charge in [-0.3, -0.25) is 9.48 Å². The van der Waals surface area contributed by atoms with Crippen molar-refractivity contribution in [3.63, 3.8) is 0 Å². The second-order valence-corrected chi connectivity index (χ2v) is 5.83. The van der Waals surface area contributed by atoms with E-state index >= 15 is 0 Å². The molecule has 0 aliphatic heterocycles. The van der Waals surface area contributed by atoms with Crippen LogP contribution in [0.4, 0.5) is 0 Å². The first kappa shape index (κ1) is 15.6. The van der Waals surface area contributed by atoms with Gasteiger partial charge >= 0.3 is 0 Å². The fraction of sp³-hybridized carbons (Fsp3) is 0.375. The molecule has 5 heteroatoms. The van der Waals surface area contributed by atoms with Crippen LogP contribution in [0.25, 0.3) is 6.08 Å². The first-order valence-corrected chi connectivity index (χ1v) is 7.28. The average molecular weight is 307 g/mol. The molecule has 2 aromatic rings. The number of allylic oxidation sites excluding steroid dienone is 1. The quantitative estimate of drug-likeness (QED) is 0.611. The van der Waals surface area contributed by atoms with Gasteiger partial charge in [-0.25, -0.2) is 0 Å². The summed E-state index contributed by atoms with van der Waals surface area (Å²) < 4.78 is 7.06. The Labute approximate surface area is 129 Å². The van der Waals surface area contributed by atoms with Gasteiger partial charge in [0, 0.05) is 12.1 Å². The number of ketones is 1. The first-order chi connectivity index (χ1) is 9.88. The number of carbonyl (C=O) groups is 1. The van der Waals surface area contributed by atoms with Gasteiger partial charge in [-0.1, -0.05) is 25.4 Å². The third kappa shape index (κ3) is 3.64. The van der Waals surface area contributed by atoms with Crippen LogP contribution < -0.4 is 0 Å². The molecular formula is C16H19ClN2O2. The summed E-state index contributed by atoms with van der Waals surface area (Å²) >= 11 is 6.32. The van der Waals surface area contributed by atoms with Crippen molar-refractivity contribution in [2.24, 2.45) is 5.92 Å². The predicted octanol–water partition coefficient (Wildman–Crippen LogP) is 4.30. The summed E-state index contributed by atoms with van der Waals surface area (Å²) in [6.45, 7) is 8.64. The number of hydrogen-bond acceptors (Lipinski definition) is 3. The van der Waals surface area contributed by atoms with Crippen molar-refractivity contribution in [3.8, 4) is 0 Å². The topological polar surface area (TPSA) is 48.0 Å². The summed E-state index contributed by atoms with van der Waals surface area (Å²) in [7, 11) is 0. The summed E-state index contributed by atoms with van der Waals surface area (Å²) in [5, 5.41) is 4.96. The first-order valence-electron chi connectivity index (χ1n) is 6.90. The number of nitrogens with zero attached hydrogens (tertiary/aromatic N) is 2. The van der Waals surface area contributed by atoms with Crippen LogP contribution in [0.2, 0.25) is 5.15 Å². The van der Waals surface area contributed by atoms with E-state index in [1.165, 1.54) is 6.08 Å². The minimum atomic E-state index is -0.185. The summed E-state index contributed by atoms with van der Waals surface area (Å²) in [6.07, 6.45) is 3.16. The second kappa shape index (κ2) is 6.31. The average Bonchev–Trinajstić information content (AvgIpc) is 2.93. The Morgan fingerprint density at radius 1 is 1.43 bits per heavy atom. The van der Waals surface area contributed by atoms with Gasteiger partial charge in [-0.05, 0) is 44.1 Å².